The lowest BCUT2D eigenvalue weighted by molar-refractivity contribution is -0.924. The van der Waals surface area contributed by atoms with Gasteiger partial charge in [0.25, 0.3) is 10.0 Å². The van der Waals surface area contributed by atoms with Crippen LogP contribution in [0.4, 0.5) is 26.3 Å². The molecule has 11 heteroatoms. The fraction of sp³-hybridized carbons (Fsp3) is 1.00. The first-order chi connectivity index (χ1) is 11.1. The van der Waals surface area contributed by atoms with E-state index in [1.54, 1.807) is 0 Å². The Labute approximate surface area is 145 Å². The van der Waals surface area contributed by atoms with Crippen molar-refractivity contribution in [1.82, 2.24) is 4.31 Å². The summed E-state index contributed by atoms with van der Waals surface area (Å²) in [6.07, 6.45) is 0.758. The van der Waals surface area contributed by atoms with Gasteiger partial charge in [0.1, 0.15) is 0 Å². The van der Waals surface area contributed by atoms with Crippen molar-refractivity contribution in [2.45, 2.75) is 51.2 Å². The molecule has 0 bridgehead atoms. The van der Waals surface area contributed by atoms with Gasteiger partial charge < -0.3 is 4.48 Å². The van der Waals surface area contributed by atoms with E-state index in [0.717, 1.165) is 6.42 Å². The van der Waals surface area contributed by atoms with Crippen molar-refractivity contribution in [2.75, 3.05) is 39.8 Å². The largest absolute Gasteiger partial charge is 0.427 e. The Hall–Kier alpha value is -0.550. The van der Waals surface area contributed by atoms with Crippen LogP contribution >= 0.6 is 0 Å². The maximum absolute atomic E-state index is 13.8. The van der Waals surface area contributed by atoms with Gasteiger partial charge in [0.2, 0.25) is 0 Å². The van der Waals surface area contributed by atoms with Gasteiger partial charge in [0.05, 0.1) is 32.7 Å². The zero-order chi connectivity index (χ0) is 20.3. The summed E-state index contributed by atoms with van der Waals surface area (Å²) < 4.78 is 104. The van der Waals surface area contributed by atoms with Crippen molar-refractivity contribution < 1.29 is 39.2 Å². The molecular formula is C14H27F6N2O2S+. The molecule has 0 aliphatic carbocycles. The number of rotatable bonds is 11. The van der Waals surface area contributed by atoms with Crippen molar-refractivity contribution in [1.29, 1.82) is 0 Å². The number of likely N-dealkylation sites (N-methyl/N-ethyl adjacent to an activating group) is 2. The molecule has 0 aromatic heterocycles. The summed E-state index contributed by atoms with van der Waals surface area (Å²) >= 11 is 0. The fourth-order valence-electron chi connectivity index (χ4n) is 2.53. The van der Waals surface area contributed by atoms with E-state index in [9.17, 15) is 34.8 Å². The van der Waals surface area contributed by atoms with Gasteiger partial charge in [-0.3, -0.25) is 0 Å². The van der Waals surface area contributed by atoms with Crippen LogP contribution < -0.4 is 0 Å². The predicted octanol–water partition coefficient (Wildman–Crippen LogP) is 3.40. The number of hydrogen-bond donors (Lipinski definition) is 0. The third-order valence-electron chi connectivity index (χ3n) is 4.58. The summed E-state index contributed by atoms with van der Waals surface area (Å²) in [4.78, 5) is 0. The zero-order valence-electron chi connectivity index (χ0n) is 15.1. The topological polar surface area (TPSA) is 37.4 Å². The highest BCUT2D eigenvalue weighted by molar-refractivity contribution is 7.90. The molecule has 0 atom stereocenters. The van der Waals surface area contributed by atoms with Crippen LogP contribution in [0.5, 0.6) is 0 Å². The Balaban J connectivity index is 5.53. The molecule has 0 radical (unpaired) electrons. The van der Waals surface area contributed by atoms with Crippen LogP contribution in [0.15, 0.2) is 0 Å². The standard InChI is InChI=1S/C14H27F6N2O2S/c1-6-10-22(7-2,8-3)11-9-21(5)25(23,24)14(19,20)13(17,18)12(4,15)16/h6-11H2,1-5H3/q+1. The van der Waals surface area contributed by atoms with E-state index in [1.165, 1.54) is 0 Å². The van der Waals surface area contributed by atoms with Gasteiger partial charge in [-0.25, -0.2) is 8.42 Å². The van der Waals surface area contributed by atoms with Crippen LogP contribution in [-0.2, 0) is 10.0 Å². The third-order valence-corrected chi connectivity index (χ3v) is 6.49. The first kappa shape index (κ1) is 24.5. The fourth-order valence-corrected chi connectivity index (χ4v) is 3.75. The molecule has 152 valence electrons. The highest BCUT2D eigenvalue weighted by atomic mass is 32.2. The molecule has 0 aliphatic heterocycles. The molecule has 0 aromatic rings. The lowest BCUT2D eigenvalue weighted by atomic mass is 10.2. The minimum absolute atomic E-state index is 0.0423. The summed E-state index contributed by atoms with van der Waals surface area (Å²) in [6, 6.07) is 0. The molecule has 0 fully saturated rings. The van der Waals surface area contributed by atoms with E-state index in [0.29, 0.717) is 31.2 Å². The van der Waals surface area contributed by atoms with E-state index in [1.807, 2.05) is 20.8 Å². The van der Waals surface area contributed by atoms with E-state index >= 15 is 0 Å². The maximum atomic E-state index is 13.8. The van der Waals surface area contributed by atoms with Crippen molar-refractivity contribution in [2.24, 2.45) is 0 Å². The van der Waals surface area contributed by atoms with Gasteiger partial charge in [0.15, 0.2) is 0 Å². The number of alkyl halides is 6. The minimum atomic E-state index is -6.03. The molecular weight excluding hydrogens is 374 g/mol. The van der Waals surface area contributed by atoms with Gasteiger partial charge >= 0.3 is 17.1 Å². The number of sulfonamides is 1. The van der Waals surface area contributed by atoms with E-state index in [-0.39, 0.29) is 10.8 Å². The monoisotopic (exact) mass is 401 g/mol. The average molecular weight is 401 g/mol. The molecule has 4 nitrogen and oxygen atoms in total. The van der Waals surface area contributed by atoms with Crippen LogP contribution in [0.25, 0.3) is 0 Å². The highest BCUT2D eigenvalue weighted by Crippen LogP contribution is 2.48. The van der Waals surface area contributed by atoms with Crippen LogP contribution in [-0.4, -0.2) is 74.1 Å². The molecule has 0 N–H and O–H groups in total. The average Bonchev–Trinajstić information content (AvgIpc) is 2.49. The normalized spacial score (nSPS) is 15.0. The van der Waals surface area contributed by atoms with Crippen LogP contribution in [0.2, 0.25) is 0 Å². The Morgan fingerprint density at radius 3 is 1.68 bits per heavy atom. The van der Waals surface area contributed by atoms with Crippen LogP contribution in [0.3, 0.4) is 0 Å². The first-order valence-corrected chi connectivity index (χ1v) is 9.44. The number of nitrogens with zero attached hydrogens (tertiary/aromatic N) is 2. The second-order valence-electron chi connectivity index (χ2n) is 6.23. The lowest BCUT2D eigenvalue weighted by Crippen LogP contribution is -2.60. The molecule has 0 heterocycles. The smallest absolute Gasteiger partial charge is 0.323 e. The van der Waals surface area contributed by atoms with E-state index in [4.69, 9.17) is 0 Å². The Kier molecular flexibility index (Phi) is 7.82. The predicted molar refractivity (Wildman–Crippen MR) is 83.4 cm³/mol. The van der Waals surface area contributed by atoms with E-state index < -0.39 is 40.6 Å². The van der Waals surface area contributed by atoms with Crippen LogP contribution in [0.1, 0.15) is 34.1 Å². The quantitative estimate of drug-likeness (QED) is 0.393. The Morgan fingerprint density at radius 1 is 0.920 bits per heavy atom. The van der Waals surface area contributed by atoms with Gasteiger partial charge in [-0.15, -0.1) is 0 Å². The Bertz CT molecular complexity index is 530. The molecule has 0 aliphatic rings. The molecule has 0 rings (SSSR count). The lowest BCUT2D eigenvalue weighted by Gasteiger charge is -2.38. The molecule has 0 spiro atoms. The molecule has 0 aromatic carbocycles. The van der Waals surface area contributed by atoms with E-state index in [2.05, 4.69) is 0 Å². The van der Waals surface area contributed by atoms with Crippen molar-refractivity contribution >= 4 is 10.0 Å². The molecule has 0 unspecified atom stereocenters. The summed E-state index contributed by atoms with van der Waals surface area (Å²) in [7, 11) is -5.28. The second kappa shape index (κ2) is 7.99. The zero-order valence-corrected chi connectivity index (χ0v) is 15.9. The summed E-state index contributed by atoms with van der Waals surface area (Å²) in [5, 5.41) is -5.92. The first-order valence-electron chi connectivity index (χ1n) is 8.00. The summed E-state index contributed by atoms with van der Waals surface area (Å²) in [6.45, 7) is 6.62. The maximum Gasteiger partial charge on any atom is 0.427 e. The van der Waals surface area contributed by atoms with Gasteiger partial charge in [-0.2, -0.15) is 30.6 Å². The van der Waals surface area contributed by atoms with Crippen molar-refractivity contribution in [3.8, 4) is 0 Å². The van der Waals surface area contributed by atoms with Crippen molar-refractivity contribution in [3.63, 3.8) is 0 Å². The minimum Gasteiger partial charge on any atom is -0.323 e. The highest BCUT2D eigenvalue weighted by Gasteiger charge is 2.76. The third kappa shape index (κ3) is 4.60. The molecule has 25 heavy (non-hydrogen) atoms. The van der Waals surface area contributed by atoms with Gasteiger partial charge in [-0.1, -0.05) is 6.92 Å². The molecule has 0 saturated carbocycles. The number of halogens is 6. The summed E-state index contributed by atoms with van der Waals surface area (Å²) in [5.74, 6) is -11.2. The molecule has 0 saturated heterocycles. The number of hydrogen-bond acceptors (Lipinski definition) is 2. The van der Waals surface area contributed by atoms with Gasteiger partial charge in [-0.05, 0) is 20.3 Å². The number of quaternary nitrogens is 1. The summed E-state index contributed by atoms with van der Waals surface area (Å²) in [5.41, 5.74) is 0. The SMILES string of the molecule is CCC[N+](CC)(CC)CCN(C)S(=O)(=O)C(F)(F)C(F)(F)C(C)(F)F. The van der Waals surface area contributed by atoms with Crippen molar-refractivity contribution in [3.05, 3.63) is 0 Å². The van der Waals surface area contributed by atoms with Gasteiger partial charge in [0, 0.05) is 14.0 Å². The Morgan fingerprint density at radius 2 is 1.36 bits per heavy atom. The van der Waals surface area contributed by atoms with Crippen LogP contribution in [0, 0.1) is 0 Å². The molecule has 0 amide bonds. The second-order valence-corrected chi connectivity index (χ2v) is 8.31.